The van der Waals surface area contributed by atoms with Crippen molar-refractivity contribution in [2.75, 3.05) is 5.32 Å². The van der Waals surface area contributed by atoms with Crippen LogP contribution in [0.2, 0.25) is 0 Å². The number of nitrogens with zero attached hydrogens (tertiary/aromatic N) is 1. The number of aryl methyl sites for hydroxylation is 1. The standard InChI is InChI=1S/C21H27N3O/c1-16-8-6-7-9-17(16)14-22-19-12-13-20(23-15-19)21(25)24-18-10-4-2-3-5-11-18/h6-9,12-13,15,18,22H,2-5,10-11,14H2,1H3,(H,24,25). The first kappa shape index (κ1) is 17.5. The largest absolute Gasteiger partial charge is 0.380 e. The van der Waals surface area contributed by atoms with Gasteiger partial charge in [0.1, 0.15) is 5.69 Å². The minimum Gasteiger partial charge on any atom is -0.380 e. The van der Waals surface area contributed by atoms with Gasteiger partial charge in [0.2, 0.25) is 0 Å². The average molecular weight is 337 g/mol. The van der Waals surface area contributed by atoms with Crippen molar-refractivity contribution in [2.45, 2.75) is 58.0 Å². The van der Waals surface area contributed by atoms with Crippen molar-refractivity contribution in [3.05, 3.63) is 59.4 Å². The number of anilines is 1. The van der Waals surface area contributed by atoms with E-state index in [-0.39, 0.29) is 5.91 Å². The number of pyridine rings is 1. The molecule has 4 heteroatoms. The molecule has 2 N–H and O–H groups in total. The van der Waals surface area contributed by atoms with Gasteiger partial charge in [-0.05, 0) is 43.0 Å². The van der Waals surface area contributed by atoms with E-state index in [2.05, 4.69) is 34.7 Å². The molecular weight excluding hydrogens is 310 g/mol. The lowest BCUT2D eigenvalue weighted by atomic mass is 10.1. The molecule has 132 valence electrons. The molecule has 4 nitrogen and oxygen atoms in total. The van der Waals surface area contributed by atoms with E-state index in [9.17, 15) is 4.79 Å². The van der Waals surface area contributed by atoms with Crippen molar-refractivity contribution in [3.8, 4) is 0 Å². The van der Waals surface area contributed by atoms with E-state index in [0.717, 1.165) is 25.1 Å². The molecule has 0 aliphatic heterocycles. The van der Waals surface area contributed by atoms with E-state index in [0.29, 0.717) is 11.7 Å². The number of rotatable bonds is 5. The maximum absolute atomic E-state index is 12.4. The zero-order chi connectivity index (χ0) is 17.5. The molecule has 25 heavy (non-hydrogen) atoms. The van der Waals surface area contributed by atoms with E-state index in [1.807, 2.05) is 18.2 Å². The molecule has 1 aromatic heterocycles. The summed E-state index contributed by atoms with van der Waals surface area (Å²) < 4.78 is 0. The molecule has 1 heterocycles. The topological polar surface area (TPSA) is 54.0 Å². The molecule has 1 aromatic carbocycles. The van der Waals surface area contributed by atoms with Gasteiger partial charge in [-0.3, -0.25) is 4.79 Å². The number of amides is 1. The predicted octanol–water partition coefficient (Wildman–Crippen LogP) is 4.45. The lowest BCUT2D eigenvalue weighted by Crippen LogP contribution is -2.34. The zero-order valence-electron chi connectivity index (χ0n) is 14.9. The molecule has 1 aliphatic carbocycles. The third-order valence-electron chi connectivity index (χ3n) is 4.93. The van der Waals surface area contributed by atoms with Crippen LogP contribution in [-0.2, 0) is 6.54 Å². The second kappa shape index (κ2) is 8.65. The number of aromatic nitrogens is 1. The summed E-state index contributed by atoms with van der Waals surface area (Å²) in [6.07, 6.45) is 8.89. The van der Waals surface area contributed by atoms with Crippen LogP contribution in [0.1, 0.15) is 60.1 Å². The number of hydrogen-bond donors (Lipinski definition) is 2. The Kier molecular flexibility index (Phi) is 6.04. The predicted molar refractivity (Wildman–Crippen MR) is 102 cm³/mol. The van der Waals surface area contributed by atoms with Gasteiger partial charge in [-0.1, -0.05) is 49.9 Å². The second-order valence-electron chi connectivity index (χ2n) is 6.87. The number of nitrogens with one attached hydrogen (secondary N) is 2. The Morgan fingerprint density at radius 3 is 2.52 bits per heavy atom. The normalized spacial score (nSPS) is 15.4. The number of carbonyl (C=O) groups is 1. The molecule has 1 aliphatic rings. The van der Waals surface area contributed by atoms with E-state index < -0.39 is 0 Å². The first-order valence-electron chi connectivity index (χ1n) is 9.27. The fourth-order valence-electron chi connectivity index (χ4n) is 3.32. The summed E-state index contributed by atoms with van der Waals surface area (Å²) >= 11 is 0. The quantitative estimate of drug-likeness (QED) is 0.792. The highest BCUT2D eigenvalue weighted by atomic mass is 16.1. The lowest BCUT2D eigenvalue weighted by molar-refractivity contribution is 0.0928. The first-order valence-corrected chi connectivity index (χ1v) is 9.27. The molecule has 0 unspecified atom stereocenters. The second-order valence-corrected chi connectivity index (χ2v) is 6.87. The Labute approximate surface area is 150 Å². The minimum atomic E-state index is -0.0580. The van der Waals surface area contributed by atoms with Crippen LogP contribution >= 0.6 is 0 Å². The van der Waals surface area contributed by atoms with Gasteiger partial charge in [-0.25, -0.2) is 4.98 Å². The van der Waals surface area contributed by atoms with Crippen LogP contribution in [-0.4, -0.2) is 16.9 Å². The Morgan fingerprint density at radius 1 is 1.08 bits per heavy atom. The van der Waals surface area contributed by atoms with Gasteiger partial charge in [0.25, 0.3) is 5.91 Å². The molecule has 1 fully saturated rings. The van der Waals surface area contributed by atoms with Gasteiger partial charge in [0, 0.05) is 12.6 Å². The number of carbonyl (C=O) groups excluding carboxylic acids is 1. The molecule has 1 saturated carbocycles. The highest BCUT2D eigenvalue weighted by molar-refractivity contribution is 5.92. The van der Waals surface area contributed by atoms with Gasteiger partial charge < -0.3 is 10.6 Å². The van der Waals surface area contributed by atoms with Gasteiger partial charge in [-0.2, -0.15) is 0 Å². The van der Waals surface area contributed by atoms with Crippen LogP contribution in [0.3, 0.4) is 0 Å². The fraction of sp³-hybridized carbons (Fsp3) is 0.429. The van der Waals surface area contributed by atoms with Crippen molar-refractivity contribution in [2.24, 2.45) is 0 Å². The van der Waals surface area contributed by atoms with Crippen LogP contribution in [0.4, 0.5) is 5.69 Å². The van der Waals surface area contributed by atoms with E-state index in [1.54, 1.807) is 12.3 Å². The average Bonchev–Trinajstić information content (AvgIpc) is 2.90. The van der Waals surface area contributed by atoms with Crippen molar-refractivity contribution in [1.29, 1.82) is 0 Å². The van der Waals surface area contributed by atoms with Gasteiger partial charge >= 0.3 is 0 Å². The Hall–Kier alpha value is -2.36. The summed E-state index contributed by atoms with van der Waals surface area (Å²) in [5.41, 5.74) is 3.94. The highest BCUT2D eigenvalue weighted by Gasteiger charge is 2.16. The van der Waals surface area contributed by atoms with Gasteiger partial charge in [0.05, 0.1) is 11.9 Å². The van der Waals surface area contributed by atoms with Crippen LogP contribution in [0.5, 0.6) is 0 Å². The van der Waals surface area contributed by atoms with Crippen molar-refractivity contribution >= 4 is 11.6 Å². The SMILES string of the molecule is Cc1ccccc1CNc1ccc(C(=O)NC2CCCCCC2)nc1. The maximum atomic E-state index is 12.4. The molecule has 2 aromatic rings. The number of hydrogen-bond acceptors (Lipinski definition) is 3. The molecular formula is C21H27N3O. The van der Waals surface area contributed by atoms with Crippen molar-refractivity contribution in [3.63, 3.8) is 0 Å². The van der Waals surface area contributed by atoms with E-state index in [4.69, 9.17) is 0 Å². The summed E-state index contributed by atoms with van der Waals surface area (Å²) in [4.78, 5) is 16.7. The summed E-state index contributed by atoms with van der Waals surface area (Å²) in [5, 5.41) is 6.50. The molecule has 0 radical (unpaired) electrons. The smallest absolute Gasteiger partial charge is 0.270 e. The number of benzene rings is 1. The Balaban J connectivity index is 1.54. The van der Waals surface area contributed by atoms with Gasteiger partial charge in [0.15, 0.2) is 0 Å². The summed E-state index contributed by atoms with van der Waals surface area (Å²) in [6, 6.07) is 12.3. The highest BCUT2D eigenvalue weighted by Crippen LogP contribution is 2.18. The van der Waals surface area contributed by atoms with Crippen LogP contribution in [0.25, 0.3) is 0 Å². The zero-order valence-corrected chi connectivity index (χ0v) is 14.9. The monoisotopic (exact) mass is 337 g/mol. The first-order chi connectivity index (χ1) is 12.2. The molecule has 0 bridgehead atoms. The summed E-state index contributed by atoms with van der Waals surface area (Å²) in [6.45, 7) is 2.86. The maximum Gasteiger partial charge on any atom is 0.270 e. The third kappa shape index (κ3) is 5.05. The molecule has 1 amide bonds. The Morgan fingerprint density at radius 2 is 1.84 bits per heavy atom. The van der Waals surface area contributed by atoms with E-state index in [1.165, 1.54) is 36.8 Å². The summed E-state index contributed by atoms with van der Waals surface area (Å²) in [5.74, 6) is -0.0580. The van der Waals surface area contributed by atoms with Crippen LogP contribution in [0.15, 0.2) is 42.6 Å². The lowest BCUT2D eigenvalue weighted by Gasteiger charge is -2.16. The molecule has 0 atom stereocenters. The minimum absolute atomic E-state index is 0.0580. The van der Waals surface area contributed by atoms with Crippen molar-refractivity contribution in [1.82, 2.24) is 10.3 Å². The summed E-state index contributed by atoms with van der Waals surface area (Å²) in [7, 11) is 0. The van der Waals surface area contributed by atoms with Gasteiger partial charge in [-0.15, -0.1) is 0 Å². The molecule has 0 spiro atoms. The van der Waals surface area contributed by atoms with E-state index >= 15 is 0 Å². The molecule has 3 rings (SSSR count). The van der Waals surface area contributed by atoms with Crippen LogP contribution < -0.4 is 10.6 Å². The third-order valence-corrected chi connectivity index (χ3v) is 4.93. The van der Waals surface area contributed by atoms with Crippen molar-refractivity contribution < 1.29 is 4.79 Å². The van der Waals surface area contributed by atoms with Crippen LogP contribution in [0, 0.1) is 6.92 Å². The Bertz CT molecular complexity index is 689. The fourth-order valence-corrected chi connectivity index (χ4v) is 3.32. The molecule has 0 saturated heterocycles.